The number of thiophene rings is 1. The summed E-state index contributed by atoms with van der Waals surface area (Å²) >= 11 is 2.00. The van der Waals surface area contributed by atoms with E-state index < -0.39 is 0 Å². The van der Waals surface area contributed by atoms with E-state index in [2.05, 4.69) is 188 Å². The molecule has 78 heavy (non-hydrogen) atoms. The van der Waals surface area contributed by atoms with Crippen LogP contribution in [-0.2, 0) is 16.2 Å². The highest BCUT2D eigenvalue weighted by atomic mass is 32.1. The first kappa shape index (κ1) is 44.3. The molecule has 2 nitrogen and oxygen atoms in total. The van der Waals surface area contributed by atoms with E-state index in [1.54, 1.807) is 11.1 Å². The standard InChI is InChI=1S/C74H65BN2S/c1-72(2,3)52-17-21-64(57(32-52)48-11-5-4-6-12-48)76-69-55-16-10-9-15-51(55)30-60-62-35-54(74-39-45-26-46(40-74)28-47(27-45)41-74)34-61-58-33-53(73-36-42-23-43(37-73)25-44(24-42)38-73)18-22-65(58)77(68(61)62)75(67(60)69)63-20-19-56-59-29-49-13-7-8-14-50(49)31-66(59)78-71(56)70(63)76/h4-22,29-35,42-47H,23-28,36-41H2,1-3H3. The number of rotatable bonds is 4. The number of aromatic nitrogens is 1. The van der Waals surface area contributed by atoms with E-state index in [0.29, 0.717) is 5.41 Å². The molecule has 9 aromatic carbocycles. The van der Waals surface area contributed by atoms with Crippen LogP contribution in [0.25, 0.3) is 85.8 Å². The molecule has 2 aliphatic heterocycles. The van der Waals surface area contributed by atoms with E-state index in [-0.39, 0.29) is 17.7 Å². The second-order valence-corrected chi connectivity index (χ2v) is 29.1. The number of benzene rings is 9. The predicted molar refractivity (Wildman–Crippen MR) is 332 cm³/mol. The lowest BCUT2D eigenvalue weighted by Crippen LogP contribution is -2.56. The van der Waals surface area contributed by atoms with Crippen molar-refractivity contribution in [2.24, 2.45) is 35.5 Å². The largest absolute Gasteiger partial charge is 0.375 e. The van der Waals surface area contributed by atoms with E-state index in [9.17, 15) is 0 Å². The quantitative estimate of drug-likeness (QED) is 0.160. The van der Waals surface area contributed by atoms with Gasteiger partial charge < -0.3 is 9.38 Å². The normalized spacial score (nSPS) is 27.1. The Labute approximate surface area is 462 Å². The van der Waals surface area contributed by atoms with Gasteiger partial charge in [0.2, 0.25) is 0 Å². The maximum absolute atomic E-state index is 2.91. The Morgan fingerprint density at radius 1 is 0.474 bits per heavy atom. The number of fused-ring (bicyclic) bond motifs is 14. The van der Waals surface area contributed by atoms with Gasteiger partial charge >= 0.3 is 6.85 Å². The summed E-state index contributed by atoms with van der Waals surface area (Å²) in [4.78, 5) is 2.81. The van der Waals surface area contributed by atoms with Crippen LogP contribution in [0.1, 0.15) is 115 Å². The van der Waals surface area contributed by atoms with Crippen molar-refractivity contribution >= 4 is 110 Å². The third kappa shape index (κ3) is 5.91. The van der Waals surface area contributed by atoms with Crippen molar-refractivity contribution in [3.05, 3.63) is 174 Å². The molecule has 10 aliphatic rings. The molecule has 0 amide bonds. The molecule has 0 N–H and O–H groups in total. The summed E-state index contributed by atoms with van der Waals surface area (Å²) in [6.45, 7) is 7.07. The van der Waals surface area contributed by atoms with Gasteiger partial charge in [0.15, 0.2) is 0 Å². The Bertz CT molecular complexity index is 4400. The molecule has 8 fully saturated rings. The zero-order valence-corrected chi connectivity index (χ0v) is 46.2. The van der Waals surface area contributed by atoms with E-state index in [0.717, 1.165) is 35.5 Å². The van der Waals surface area contributed by atoms with Crippen LogP contribution in [0.15, 0.2) is 158 Å². The zero-order chi connectivity index (χ0) is 51.1. The molecule has 4 heteroatoms. The fraction of sp³-hybridized carbons (Fsp3) is 0.324. The van der Waals surface area contributed by atoms with E-state index >= 15 is 0 Å². The monoisotopic (exact) mass is 1020 g/mol. The first-order valence-corrected chi connectivity index (χ1v) is 31.0. The van der Waals surface area contributed by atoms with E-state index in [4.69, 9.17) is 0 Å². The van der Waals surface area contributed by atoms with Crippen molar-refractivity contribution in [3.63, 3.8) is 0 Å². The summed E-state index contributed by atoms with van der Waals surface area (Å²) in [5.74, 6) is 5.35. The maximum Gasteiger partial charge on any atom is 0.333 e. The lowest BCUT2D eigenvalue weighted by Gasteiger charge is -2.57. The molecule has 0 saturated heterocycles. The minimum absolute atomic E-state index is 0.0269. The van der Waals surface area contributed by atoms with Crippen LogP contribution in [0.4, 0.5) is 17.1 Å². The third-order valence-electron chi connectivity index (χ3n) is 22.5. The van der Waals surface area contributed by atoms with Crippen LogP contribution >= 0.6 is 11.3 Å². The molecule has 0 atom stereocenters. The highest BCUT2D eigenvalue weighted by molar-refractivity contribution is 7.26. The first-order chi connectivity index (χ1) is 38.1. The molecule has 0 radical (unpaired) electrons. The fourth-order valence-electron chi connectivity index (χ4n) is 20.1. The predicted octanol–water partition coefficient (Wildman–Crippen LogP) is 18.8. The van der Waals surface area contributed by atoms with E-state index in [1.807, 2.05) is 11.3 Å². The Hall–Kier alpha value is -6.62. The van der Waals surface area contributed by atoms with Gasteiger partial charge in [-0.2, -0.15) is 0 Å². The minimum Gasteiger partial charge on any atom is -0.375 e. The van der Waals surface area contributed by atoms with Crippen LogP contribution < -0.4 is 15.8 Å². The molecular weight excluding hydrogens is 960 g/mol. The van der Waals surface area contributed by atoms with Gasteiger partial charge in [-0.1, -0.05) is 124 Å². The Balaban J connectivity index is 0.961. The van der Waals surface area contributed by atoms with Crippen molar-refractivity contribution in [2.75, 3.05) is 4.90 Å². The number of hydrogen-bond acceptors (Lipinski definition) is 2. The van der Waals surface area contributed by atoms with Gasteiger partial charge in [0.25, 0.3) is 0 Å². The lowest BCUT2D eigenvalue weighted by atomic mass is 9.44. The average Bonchev–Trinajstić information content (AvgIpc) is 3.09. The smallest absolute Gasteiger partial charge is 0.333 e. The van der Waals surface area contributed by atoms with Gasteiger partial charge in [0.05, 0.1) is 21.8 Å². The van der Waals surface area contributed by atoms with Crippen molar-refractivity contribution in [2.45, 2.75) is 114 Å². The fourth-order valence-corrected chi connectivity index (χ4v) is 21.4. The van der Waals surface area contributed by atoms with Gasteiger partial charge in [-0.3, -0.25) is 0 Å². The first-order valence-electron chi connectivity index (χ1n) is 30.2. The molecule has 21 rings (SSSR count). The van der Waals surface area contributed by atoms with Crippen molar-refractivity contribution in [3.8, 4) is 22.3 Å². The number of nitrogens with zero attached hydrogens (tertiary/aromatic N) is 2. The second kappa shape index (κ2) is 15.2. The van der Waals surface area contributed by atoms with Crippen LogP contribution in [0.5, 0.6) is 0 Å². The van der Waals surface area contributed by atoms with Crippen molar-refractivity contribution in [1.82, 2.24) is 4.48 Å². The van der Waals surface area contributed by atoms with Crippen LogP contribution in [0.2, 0.25) is 0 Å². The molecule has 8 bridgehead atoms. The second-order valence-electron chi connectivity index (χ2n) is 28.1. The zero-order valence-electron chi connectivity index (χ0n) is 45.3. The summed E-state index contributed by atoms with van der Waals surface area (Å²) < 4.78 is 5.64. The van der Waals surface area contributed by atoms with Crippen molar-refractivity contribution in [1.29, 1.82) is 0 Å². The molecule has 4 heterocycles. The molecule has 2 aromatic heterocycles. The molecule has 8 aliphatic carbocycles. The van der Waals surface area contributed by atoms with Gasteiger partial charge in [-0.15, -0.1) is 11.3 Å². The van der Waals surface area contributed by atoms with Gasteiger partial charge in [0.1, 0.15) is 0 Å². The molecule has 0 spiro atoms. The number of anilines is 3. The Kier molecular flexibility index (Phi) is 8.62. The topological polar surface area (TPSA) is 8.17 Å². The lowest BCUT2D eigenvalue weighted by molar-refractivity contribution is -0.00527. The third-order valence-corrected chi connectivity index (χ3v) is 23.7. The maximum atomic E-state index is 2.91. The highest BCUT2D eigenvalue weighted by Crippen LogP contribution is 2.64. The van der Waals surface area contributed by atoms with Crippen LogP contribution in [0, 0.1) is 35.5 Å². The van der Waals surface area contributed by atoms with E-state index in [1.165, 1.54) is 196 Å². The molecular formula is C74H65BN2S. The summed E-state index contributed by atoms with van der Waals surface area (Å²) in [6, 6.07) is 63.6. The van der Waals surface area contributed by atoms with Crippen LogP contribution in [-0.4, -0.2) is 11.3 Å². The Morgan fingerprint density at radius 3 is 1.79 bits per heavy atom. The van der Waals surface area contributed by atoms with Gasteiger partial charge in [-0.05, 0) is 238 Å². The van der Waals surface area contributed by atoms with Gasteiger partial charge in [-0.25, -0.2) is 0 Å². The minimum atomic E-state index is -0.0307. The van der Waals surface area contributed by atoms with Gasteiger partial charge in [0, 0.05) is 53.8 Å². The summed E-state index contributed by atoms with van der Waals surface area (Å²) in [5, 5.41) is 11.0. The molecule has 0 unspecified atom stereocenters. The summed E-state index contributed by atoms with van der Waals surface area (Å²) in [6.07, 6.45) is 17.1. The SMILES string of the molecule is CC(C)(C)c1ccc(N2c3c4c(cc5ccccc35)-c3cc(C56CC7CC(CC(C7)C5)C6)cc5c6cc(C78CC9CC(CC(C9)C7)C8)ccc6n(c35)B4c3ccc4c(sc5cc6ccccc6cc54)c32)c(-c2ccccc2)c1. The van der Waals surface area contributed by atoms with Crippen LogP contribution in [0.3, 0.4) is 0 Å². The Morgan fingerprint density at radius 2 is 1.10 bits per heavy atom. The molecule has 11 aromatic rings. The number of hydrogen-bond donors (Lipinski definition) is 0. The summed E-state index contributed by atoms with van der Waals surface area (Å²) in [7, 11) is 0. The molecule has 380 valence electrons. The average molecular weight is 1030 g/mol. The van der Waals surface area contributed by atoms with Crippen molar-refractivity contribution < 1.29 is 0 Å². The summed E-state index contributed by atoms with van der Waals surface area (Å²) in [5.41, 5.74) is 20.3. The highest BCUT2D eigenvalue weighted by Gasteiger charge is 2.54. The molecule has 8 saturated carbocycles.